The van der Waals surface area contributed by atoms with Gasteiger partial charge in [0, 0.05) is 13.2 Å². The van der Waals surface area contributed by atoms with Crippen LogP contribution in [0.4, 0.5) is 0 Å². The molecule has 1 N–H and O–H groups in total. The van der Waals surface area contributed by atoms with E-state index in [4.69, 9.17) is 14.2 Å². The van der Waals surface area contributed by atoms with E-state index in [1.807, 2.05) is 24.3 Å². The third-order valence-electron chi connectivity index (χ3n) is 3.91. The third kappa shape index (κ3) is 3.60. The number of hydrogen-bond donors (Lipinski definition) is 1. The molecule has 2 heterocycles. The Bertz CT molecular complexity index is 909. The molecule has 0 aliphatic carbocycles. The molecule has 0 saturated carbocycles. The number of amides is 1. The van der Waals surface area contributed by atoms with Crippen LogP contribution < -0.4 is 14.8 Å². The van der Waals surface area contributed by atoms with Crippen molar-refractivity contribution in [2.75, 3.05) is 27.9 Å². The van der Waals surface area contributed by atoms with E-state index in [9.17, 15) is 4.79 Å². The number of rotatable bonds is 7. The van der Waals surface area contributed by atoms with Gasteiger partial charge in [0.1, 0.15) is 5.75 Å². The lowest BCUT2D eigenvalue weighted by molar-refractivity contribution is 0.0889. The Kier molecular flexibility index (Phi) is 5.33. The molecule has 0 saturated heterocycles. The fraction of sp³-hybridized carbons (Fsp3) is 0.278. The minimum absolute atomic E-state index is 0.308. The molecule has 1 aromatic carbocycles. The number of nitrogens with zero attached hydrogens (tertiary/aromatic N) is 3. The number of aromatic nitrogens is 3. The lowest BCUT2D eigenvalue weighted by Gasteiger charge is -2.18. The smallest absolute Gasteiger partial charge is 0.272 e. The SMILES string of the molecule is COCC(NC(=O)c1cnc2ccc(OC)nn12)c1cccc(OC)c1. The summed E-state index contributed by atoms with van der Waals surface area (Å²) in [5.74, 6) is 0.785. The minimum atomic E-state index is -0.348. The Balaban J connectivity index is 1.88. The van der Waals surface area contributed by atoms with E-state index in [0.717, 1.165) is 5.56 Å². The van der Waals surface area contributed by atoms with E-state index in [1.54, 1.807) is 26.4 Å². The maximum absolute atomic E-state index is 12.8. The number of fused-ring (bicyclic) bond motifs is 1. The topological polar surface area (TPSA) is 87.0 Å². The van der Waals surface area contributed by atoms with E-state index in [2.05, 4.69) is 15.4 Å². The van der Waals surface area contributed by atoms with Crippen molar-refractivity contribution in [3.8, 4) is 11.6 Å². The van der Waals surface area contributed by atoms with Crippen LogP contribution in [0.1, 0.15) is 22.1 Å². The summed E-state index contributed by atoms with van der Waals surface area (Å²) in [5, 5.41) is 7.20. The van der Waals surface area contributed by atoms with Crippen LogP contribution in [-0.2, 0) is 4.74 Å². The molecule has 8 heteroatoms. The minimum Gasteiger partial charge on any atom is -0.497 e. The standard InChI is InChI=1S/C18H20N4O4/c1-24-11-14(12-5-4-6-13(9-12)25-2)20-18(23)15-10-19-16-7-8-17(26-3)21-22(15)16/h4-10,14H,11H2,1-3H3,(H,20,23). The first-order chi connectivity index (χ1) is 12.7. The molecule has 1 atom stereocenters. The molecular formula is C18H20N4O4. The van der Waals surface area contributed by atoms with Crippen LogP contribution in [0.2, 0.25) is 0 Å². The average Bonchev–Trinajstić information content (AvgIpc) is 3.10. The molecule has 1 amide bonds. The van der Waals surface area contributed by atoms with Crippen LogP contribution in [0.25, 0.3) is 5.65 Å². The summed E-state index contributed by atoms with van der Waals surface area (Å²) in [4.78, 5) is 17.0. The fourth-order valence-electron chi connectivity index (χ4n) is 2.60. The zero-order chi connectivity index (χ0) is 18.5. The highest BCUT2D eigenvalue weighted by Crippen LogP contribution is 2.20. The number of nitrogens with one attached hydrogen (secondary N) is 1. The first-order valence-corrected chi connectivity index (χ1v) is 7.98. The van der Waals surface area contributed by atoms with Gasteiger partial charge in [-0.15, -0.1) is 5.10 Å². The molecule has 136 valence electrons. The number of carbonyl (C=O) groups is 1. The summed E-state index contributed by atoms with van der Waals surface area (Å²) < 4.78 is 17.1. The average molecular weight is 356 g/mol. The highest BCUT2D eigenvalue weighted by molar-refractivity contribution is 5.93. The lowest BCUT2D eigenvalue weighted by Crippen LogP contribution is -2.32. The van der Waals surface area contributed by atoms with Crippen LogP contribution in [0, 0.1) is 0 Å². The summed E-state index contributed by atoms with van der Waals surface area (Å²) in [7, 11) is 4.70. The van der Waals surface area contributed by atoms with Gasteiger partial charge < -0.3 is 19.5 Å². The number of ether oxygens (including phenoxy) is 3. The Morgan fingerprint density at radius 2 is 2.04 bits per heavy atom. The van der Waals surface area contributed by atoms with E-state index in [0.29, 0.717) is 29.6 Å². The van der Waals surface area contributed by atoms with Crippen molar-refractivity contribution >= 4 is 11.6 Å². The van der Waals surface area contributed by atoms with Gasteiger partial charge >= 0.3 is 0 Å². The first-order valence-electron chi connectivity index (χ1n) is 7.98. The summed E-state index contributed by atoms with van der Waals surface area (Å²) >= 11 is 0. The number of imidazole rings is 1. The predicted octanol–water partition coefficient (Wildman–Crippen LogP) is 1.86. The second kappa shape index (κ2) is 7.83. The molecule has 1 unspecified atom stereocenters. The van der Waals surface area contributed by atoms with Crippen molar-refractivity contribution in [1.82, 2.24) is 19.9 Å². The van der Waals surface area contributed by atoms with Gasteiger partial charge in [0.15, 0.2) is 11.3 Å². The molecule has 3 rings (SSSR count). The van der Waals surface area contributed by atoms with E-state index in [1.165, 1.54) is 17.8 Å². The number of benzene rings is 1. The maximum Gasteiger partial charge on any atom is 0.272 e. The zero-order valence-corrected chi connectivity index (χ0v) is 14.8. The van der Waals surface area contributed by atoms with E-state index < -0.39 is 0 Å². The van der Waals surface area contributed by atoms with Gasteiger partial charge in [-0.2, -0.15) is 0 Å². The van der Waals surface area contributed by atoms with E-state index in [-0.39, 0.29) is 11.9 Å². The van der Waals surface area contributed by atoms with Crippen LogP contribution in [-0.4, -0.2) is 48.4 Å². The highest BCUT2D eigenvalue weighted by atomic mass is 16.5. The summed E-state index contributed by atoms with van der Waals surface area (Å²) in [6, 6.07) is 10.5. The molecule has 2 aromatic heterocycles. The van der Waals surface area contributed by atoms with Gasteiger partial charge in [0.05, 0.1) is 33.1 Å². The van der Waals surface area contributed by atoms with Crippen molar-refractivity contribution in [3.05, 3.63) is 53.9 Å². The first kappa shape index (κ1) is 17.7. The number of carbonyl (C=O) groups excluding carboxylic acids is 1. The molecule has 0 spiro atoms. The molecule has 0 aliphatic rings. The molecule has 0 fully saturated rings. The van der Waals surface area contributed by atoms with Crippen LogP contribution in [0.15, 0.2) is 42.6 Å². The summed E-state index contributed by atoms with van der Waals surface area (Å²) in [6.45, 7) is 0.312. The van der Waals surface area contributed by atoms with E-state index >= 15 is 0 Å². The molecule has 8 nitrogen and oxygen atoms in total. The molecule has 0 radical (unpaired) electrons. The lowest BCUT2D eigenvalue weighted by atomic mass is 10.1. The molecule has 3 aromatic rings. The second-order valence-electron chi connectivity index (χ2n) is 5.55. The fourth-order valence-corrected chi connectivity index (χ4v) is 2.60. The van der Waals surface area contributed by atoms with Crippen molar-refractivity contribution < 1.29 is 19.0 Å². The van der Waals surface area contributed by atoms with Gasteiger partial charge in [-0.1, -0.05) is 12.1 Å². The Morgan fingerprint density at radius 1 is 1.19 bits per heavy atom. The van der Waals surface area contributed by atoms with Gasteiger partial charge in [0.25, 0.3) is 5.91 Å². The van der Waals surface area contributed by atoms with Crippen molar-refractivity contribution in [2.24, 2.45) is 0 Å². The Labute approximate surface area is 150 Å². The second-order valence-corrected chi connectivity index (χ2v) is 5.55. The zero-order valence-electron chi connectivity index (χ0n) is 14.8. The number of hydrogen-bond acceptors (Lipinski definition) is 6. The van der Waals surface area contributed by atoms with Gasteiger partial charge in [0.2, 0.25) is 5.88 Å². The summed E-state index contributed by atoms with van der Waals surface area (Å²) in [5.41, 5.74) is 1.74. The van der Waals surface area contributed by atoms with Gasteiger partial charge in [-0.05, 0) is 23.8 Å². The predicted molar refractivity (Wildman–Crippen MR) is 94.6 cm³/mol. The normalized spacial score (nSPS) is 12.0. The maximum atomic E-state index is 12.8. The molecule has 0 aliphatic heterocycles. The van der Waals surface area contributed by atoms with Crippen LogP contribution in [0.5, 0.6) is 11.6 Å². The van der Waals surface area contributed by atoms with Crippen LogP contribution >= 0.6 is 0 Å². The van der Waals surface area contributed by atoms with Crippen LogP contribution in [0.3, 0.4) is 0 Å². The summed E-state index contributed by atoms with van der Waals surface area (Å²) in [6.07, 6.45) is 1.48. The number of methoxy groups -OCH3 is 3. The molecule has 0 bridgehead atoms. The Hall–Kier alpha value is -3.13. The van der Waals surface area contributed by atoms with Crippen molar-refractivity contribution in [1.29, 1.82) is 0 Å². The Morgan fingerprint density at radius 3 is 2.77 bits per heavy atom. The van der Waals surface area contributed by atoms with Gasteiger partial charge in [-0.25, -0.2) is 9.50 Å². The molecule has 26 heavy (non-hydrogen) atoms. The third-order valence-corrected chi connectivity index (χ3v) is 3.91. The largest absolute Gasteiger partial charge is 0.497 e. The monoisotopic (exact) mass is 356 g/mol. The molecular weight excluding hydrogens is 336 g/mol. The van der Waals surface area contributed by atoms with Crippen molar-refractivity contribution in [2.45, 2.75) is 6.04 Å². The highest BCUT2D eigenvalue weighted by Gasteiger charge is 2.20. The van der Waals surface area contributed by atoms with Crippen molar-refractivity contribution in [3.63, 3.8) is 0 Å². The van der Waals surface area contributed by atoms with Gasteiger partial charge in [-0.3, -0.25) is 4.79 Å². The quantitative estimate of drug-likeness (QED) is 0.695.